The topological polar surface area (TPSA) is 46.5 Å². The maximum atomic E-state index is 10.7. The number of hydrogen-bond donors (Lipinski definition) is 1. The number of halogens is 1. The average molecular weight is 227 g/mol. The molecule has 0 aliphatic heterocycles. The molecule has 0 saturated heterocycles. The number of carboxylic acid groups (broad SMARTS) is 1. The molecule has 1 aromatic carbocycles. The Bertz CT molecular complexity index is 385. The van der Waals surface area contributed by atoms with Gasteiger partial charge in [-0.2, -0.15) is 0 Å². The van der Waals surface area contributed by atoms with Gasteiger partial charge in [-0.3, -0.25) is 0 Å². The predicted octanol–water partition coefficient (Wildman–Crippen LogP) is 2.91. The summed E-state index contributed by atoms with van der Waals surface area (Å²) in [5.74, 6) is -0.446. The smallest absolute Gasteiger partial charge is 0.335 e. The molecule has 15 heavy (non-hydrogen) atoms. The van der Waals surface area contributed by atoms with E-state index in [0.717, 1.165) is 5.57 Å². The van der Waals surface area contributed by atoms with Gasteiger partial charge in [-0.05, 0) is 30.7 Å². The van der Waals surface area contributed by atoms with Crippen LogP contribution in [0.3, 0.4) is 0 Å². The molecule has 0 amide bonds. The van der Waals surface area contributed by atoms with Crippen LogP contribution in [0.25, 0.3) is 0 Å². The number of rotatable bonds is 4. The van der Waals surface area contributed by atoms with Crippen molar-refractivity contribution in [2.45, 2.75) is 6.92 Å². The lowest BCUT2D eigenvalue weighted by atomic mass is 10.2. The van der Waals surface area contributed by atoms with Gasteiger partial charge in [-0.1, -0.05) is 17.7 Å². The van der Waals surface area contributed by atoms with Gasteiger partial charge < -0.3 is 9.84 Å². The summed E-state index contributed by atoms with van der Waals surface area (Å²) in [5.41, 5.74) is 2.51. The van der Waals surface area contributed by atoms with Crippen LogP contribution in [0.4, 0.5) is 0 Å². The summed E-state index contributed by atoms with van der Waals surface area (Å²) in [5, 5.41) is 8.74. The first kappa shape index (κ1) is 11.6. The molecule has 0 spiro atoms. The van der Waals surface area contributed by atoms with Crippen molar-refractivity contribution in [3.8, 4) is 5.75 Å². The van der Waals surface area contributed by atoms with Crippen molar-refractivity contribution in [3.63, 3.8) is 0 Å². The Kier molecular flexibility index (Phi) is 4.18. The summed E-state index contributed by atoms with van der Waals surface area (Å²) >= 11 is 5.46. The fourth-order valence-corrected chi connectivity index (χ4v) is 1.01. The summed E-state index contributed by atoms with van der Waals surface area (Å²) in [4.78, 5) is 10.7. The average Bonchev–Trinajstić information content (AvgIpc) is 2.26. The minimum absolute atomic E-state index is 0.208. The van der Waals surface area contributed by atoms with E-state index in [0.29, 0.717) is 12.4 Å². The first-order valence-electron chi connectivity index (χ1n) is 4.35. The Labute approximate surface area is 92.9 Å². The van der Waals surface area contributed by atoms with Crippen molar-refractivity contribution in [1.29, 1.82) is 0 Å². The normalized spacial score (nSPS) is 11.2. The monoisotopic (exact) mass is 226 g/mol. The third-order valence-corrected chi connectivity index (χ3v) is 2.11. The maximum Gasteiger partial charge on any atom is 0.335 e. The van der Waals surface area contributed by atoms with Crippen LogP contribution >= 0.6 is 11.6 Å². The molecule has 0 saturated carbocycles. The standard InChI is InChI=1S/C11H11ClO3/c1-8(6-12)7-15-10-4-2-3-9(5-10)11(13)14/h2-6H,7H2,1H3,(H,13,14)/b8-6-. The fraction of sp³-hybridized carbons (Fsp3) is 0.182. The van der Waals surface area contributed by atoms with Crippen LogP contribution in [0.2, 0.25) is 0 Å². The minimum Gasteiger partial charge on any atom is -0.489 e. The third kappa shape index (κ3) is 3.64. The van der Waals surface area contributed by atoms with Crippen molar-refractivity contribution in [2.75, 3.05) is 6.61 Å². The van der Waals surface area contributed by atoms with Crippen LogP contribution in [0, 0.1) is 0 Å². The molecule has 0 radical (unpaired) electrons. The lowest BCUT2D eigenvalue weighted by molar-refractivity contribution is 0.0696. The predicted molar refractivity (Wildman–Crippen MR) is 58.5 cm³/mol. The second-order valence-corrected chi connectivity index (χ2v) is 3.30. The number of aromatic carboxylic acids is 1. The Balaban J connectivity index is 2.70. The maximum absolute atomic E-state index is 10.7. The molecule has 0 unspecified atom stereocenters. The second-order valence-electron chi connectivity index (χ2n) is 3.08. The third-order valence-electron chi connectivity index (χ3n) is 1.73. The quantitative estimate of drug-likeness (QED) is 0.859. The van der Waals surface area contributed by atoms with E-state index >= 15 is 0 Å². The molecule has 0 aromatic heterocycles. The van der Waals surface area contributed by atoms with E-state index in [4.69, 9.17) is 21.4 Å². The van der Waals surface area contributed by atoms with E-state index in [-0.39, 0.29) is 5.56 Å². The number of benzene rings is 1. The molecule has 80 valence electrons. The van der Waals surface area contributed by atoms with Crippen LogP contribution in [0.1, 0.15) is 17.3 Å². The summed E-state index contributed by atoms with van der Waals surface area (Å²) < 4.78 is 5.33. The van der Waals surface area contributed by atoms with Crippen LogP contribution in [-0.4, -0.2) is 17.7 Å². The molecular weight excluding hydrogens is 216 g/mol. The zero-order valence-electron chi connectivity index (χ0n) is 8.24. The molecule has 3 nitrogen and oxygen atoms in total. The molecule has 0 aliphatic carbocycles. The molecule has 0 bridgehead atoms. The van der Waals surface area contributed by atoms with Crippen molar-refractivity contribution in [2.24, 2.45) is 0 Å². The minimum atomic E-state index is -0.968. The zero-order chi connectivity index (χ0) is 11.3. The van der Waals surface area contributed by atoms with Crippen LogP contribution in [-0.2, 0) is 0 Å². The number of hydrogen-bond acceptors (Lipinski definition) is 2. The van der Waals surface area contributed by atoms with Gasteiger partial charge >= 0.3 is 5.97 Å². The largest absolute Gasteiger partial charge is 0.489 e. The van der Waals surface area contributed by atoms with E-state index in [1.54, 1.807) is 12.1 Å². The Morgan fingerprint density at radius 1 is 1.60 bits per heavy atom. The van der Waals surface area contributed by atoms with Gasteiger partial charge in [0, 0.05) is 5.54 Å². The summed E-state index contributed by atoms with van der Waals surface area (Å²) in [7, 11) is 0. The van der Waals surface area contributed by atoms with E-state index in [9.17, 15) is 4.79 Å². The zero-order valence-corrected chi connectivity index (χ0v) is 8.99. The lowest BCUT2D eigenvalue weighted by Crippen LogP contribution is -2.00. The molecule has 0 aliphatic rings. The highest BCUT2D eigenvalue weighted by molar-refractivity contribution is 6.25. The first-order valence-corrected chi connectivity index (χ1v) is 4.79. The summed E-state index contributed by atoms with van der Waals surface area (Å²) in [6.07, 6.45) is 0. The molecule has 4 heteroatoms. The van der Waals surface area contributed by atoms with Crippen LogP contribution < -0.4 is 4.74 Å². The van der Waals surface area contributed by atoms with E-state index < -0.39 is 5.97 Å². The molecule has 0 heterocycles. The van der Waals surface area contributed by atoms with Gasteiger partial charge in [-0.25, -0.2) is 4.79 Å². The molecule has 0 fully saturated rings. The van der Waals surface area contributed by atoms with Gasteiger partial charge in [0.1, 0.15) is 12.4 Å². The van der Waals surface area contributed by atoms with Crippen LogP contribution in [0.15, 0.2) is 35.4 Å². The van der Waals surface area contributed by atoms with Crippen molar-refractivity contribution in [1.82, 2.24) is 0 Å². The van der Waals surface area contributed by atoms with Gasteiger partial charge in [0.25, 0.3) is 0 Å². The molecule has 1 rings (SSSR count). The Morgan fingerprint density at radius 3 is 2.93 bits per heavy atom. The van der Waals surface area contributed by atoms with E-state index in [1.807, 2.05) is 6.92 Å². The second kappa shape index (κ2) is 5.41. The Hall–Kier alpha value is -1.48. The van der Waals surface area contributed by atoms with Crippen molar-refractivity contribution >= 4 is 17.6 Å². The first-order chi connectivity index (χ1) is 7.13. The highest BCUT2D eigenvalue weighted by Crippen LogP contribution is 2.14. The van der Waals surface area contributed by atoms with Crippen molar-refractivity contribution in [3.05, 3.63) is 40.9 Å². The molecule has 0 atom stereocenters. The highest BCUT2D eigenvalue weighted by atomic mass is 35.5. The number of carboxylic acids is 1. The number of ether oxygens (including phenoxy) is 1. The SMILES string of the molecule is C/C(=C/Cl)COc1cccc(C(=O)O)c1. The summed E-state index contributed by atoms with van der Waals surface area (Å²) in [6.45, 7) is 2.18. The highest BCUT2D eigenvalue weighted by Gasteiger charge is 2.03. The van der Waals surface area contributed by atoms with Gasteiger partial charge in [-0.15, -0.1) is 0 Å². The molecule has 1 N–H and O–H groups in total. The van der Waals surface area contributed by atoms with E-state index in [1.165, 1.54) is 17.7 Å². The summed E-state index contributed by atoms with van der Waals surface area (Å²) in [6, 6.07) is 6.33. The Morgan fingerprint density at radius 2 is 2.33 bits per heavy atom. The molecular formula is C11H11ClO3. The van der Waals surface area contributed by atoms with Gasteiger partial charge in [0.15, 0.2) is 0 Å². The lowest BCUT2D eigenvalue weighted by Gasteiger charge is -2.06. The van der Waals surface area contributed by atoms with Crippen LogP contribution in [0.5, 0.6) is 5.75 Å². The fourth-order valence-electron chi connectivity index (χ4n) is 0.948. The number of carbonyl (C=O) groups is 1. The molecule has 1 aromatic rings. The van der Waals surface area contributed by atoms with Gasteiger partial charge in [0.2, 0.25) is 0 Å². The van der Waals surface area contributed by atoms with E-state index in [2.05, 4.69) is 0 Å². The van der Waals surface area contributed by atoms with Crippen molar-refractivity contribution < 1.29 is 14.6 Å². The van der Waals surface area contributed by atoms with Gasteiger partial charge in [0.05, 0.1) is 5.56 Å².